The van der Waals surface area contributed by atoms with E-state index in [1.54, 1.807) is 28.9 Å². The van der Waals surface area contributed by atoms with Gasteiger partial charge in [-0.15, -0.1) is 0 Å². The van der Waals surface area contributed by atoms with E-state index in [9.17, 15) is 4.79 Å². The van der Waals surface area contributed by atoms with Gasteiger partial charge in [0.2, 0.25) is 0 Å². The number of carbonyl (C=O) groups is 1. The van der Waals surface area contributed by atoms with Crippen molar-refractivity contribution in [3.8, 4) is 0 Å². The Balaban J connectivity index is 1.77. The Hall–Kier alpha value is -2.82. The monoisotopic (exact) mass is 281 g/mol. The molecule has 0 aliphatic heterocycles. The molecule has 0 unspecified atom stereocenters. The summed E-state index contributed by atoms with van der Waals surface area (Å²) in [6.07, 6.45) is 0. The molecule has 0 bridgehead atoms. The Labute approximate surface area is 121 Å². The van der Waals surface area contributed by atoms with Crippen molar-refractivity contribution >= 4 is 22.6 Å². The normalized spacial score (nSPS) is 10.7. The van der Waals surface area contributed by atoms with Gasteiger partial charge in [-0.3, -0.25) is 4.68 Å². The fourth-order valence-electron chi connectivity index (χ4n) is 2.23. The topological polar surface area (TPSA) is 70.1 Å². The van der Waals surface area contributed by atoms with Gasteiger partial charge in [-0.05, 0) is 30.3 Å². The lowest BCUT2D eigenvalue weighted by Gasteiger charge is -2.03. The second kappa shape index (κ2) is 5.28. The molecule has 3 rings (SSSR count). The average Bonchev–Trinajstić information content (AvgIpc) is 2.83. The number of benzene rings is 2. The van der Waals surface area contributed by atoms with Gasteiger partial charge < -0.3 is 10.5 Å². The summed E-state index contributed by atoms with van der Waals surface area (Å²) < 4.78 is 7.10. The van der Waals surface area contributed by atoms with Crippen LogP contribution in [0.1, 0.15) is 16.1 Å². The zero-order valence-corrected chi connectivity index (χ0v) is 11.6. The Bertz CT molecular complexity index is 791. The second-order valence-corrected chi connectivity index (χ2v) is 4.79. The number of anilines is 1. The number of ether oxygens (including phenoxy) is 1. The van der Waals surface area contributed by atoms with Gasteiger partial charge in [0.15, 0.2) is 0 Å². The Kier molecular flexibility index (Phi) is 3.31. The smallest absolute Gasteiger partial charge is 0.338 e. The first kappa shape index (κ1) is 13.2. The fraction of sp³-hybridized carbons (Fsp3) is 0.125. The zero-order chi connectivity index (χ0) is 14.8. The first-order chi connectivity index (χ1) is 10.1. The Morgan fingerprint density at radius 3 is 2.67 bits per heavy atom. The van der Waals surface area contributed by atoms with Crippen LogP contribution >= 0.6 is 0 Å². The molecular formula is C16H15N3O2. The third-order valence-corrected chi connectivity index (χ3v) is 3.32. The summed E-state index contributed by atoms with van der Waals surface area (Å²) in [7, 11) is 1.87. The van der Waals surface area contributed by atoms with E-state index in [0.29, 0.717) is 11.3 Å². The molecule has 106 valence electrons. The molecule has 5 heteroatoms. The number of esters is 1. The molecule has 0 fully saturated rings. The zero-order valence-electron chi connectivity index (χ0n) is 11.6. The number of aryl methyl sites for hydroxylation is 1. The summed E-state index contributed by atoms with van der Waals surface area (Å²) in [4.78, 5) is 12.0. The molecule has 3 aromatic rings. The first-order valence-corrected chi connectivity index (χ1v) is 6.58. The van der Waals surface area contributed by atoms with E-state index in [2.05, 4.69) is 5.10 Å². The molecule has 0 aliphatic rings. The van der Waals surface area contributed by atoms with Gasteiger partial charge >= 0.3 is 5.97 Å². The Morgan fingerprint density at radius 1 is 1.19 bits per heavy atom. The minimum Gasteiger partial charge on any atom is -0.455 e. The maximum Gasteiger partial charge on any atom is 0.338 e. The van der Waals surface area contributed by atoms with Crippen molar-refractivity contribution in [1.82, 2.24) is 9.78 Å². The van der Waals surface area contributed by atoms with Crippen molar-refractivity contribution in [2.24, 2.45) is 7.05 Å². The lowest BCUT2D eigenvalue weighted by Crippen LogP contribution is -2.06. The van der Waals surface area contributed by atoms with Crippen LogP contribution in [0.5, 0.6) is 0 Å². The fourth-order valence-corrected chi connectivity index (χ4v) is 2.23. The third kappa shape index (κ3) is 2.58. The average molecular weight is 281 g/mol. The lowest BCUT2D eigenvalue weighted by molar-refractivity contribution is 0.0469. The Morgan fingerprint density at radius 2 is 1.90 bits per heavy atom. The van der Waals surface area contributed by atoms with E-state index >= 15 is 0 Å². The van der Waals surface area contributed by atoms with Crippen LogP contribution in [0.3, 0.4) is 0 Å². The molecule has 1 aromatic heterocycles. The van der Waals surface area contributed by atoms with Crippen LogP contribution in [-0.4, -0.2) is 15.7 Å². The molecule has 2 N–H and O–H groups in total. The molecule has 0 radical (unpaired) electrons. The number of nitrogens with zero attached hydrogens (tertiary/aromatic N) is 2. The van der Waals surface area contributed by atoms with Crippen LogP contribution in [-0.2, 0) is 18.4 Å². The maximum absolute atomic E-state index is 12.0. The highest BCUT2D eigenvalue weighted by atomic mass is 16.5. The highest BCUT2D eigenvalue weighted by Gasteiger charge is 2.11. The van der Waals surface area contributed by atoms with Crippen LogP contribution in [0.2, 0.25) is 0 Å². The highest BCUT2D eigenvalue weighted by Crippen LogP contribution is 2.18. The summed E-state index contributed by atoms with van der Waals surface area (Å²) in [5, 5.41) is 5.38. The molecule has 5 nitrogen and oxygen atoms in total. The molecule has 0 aliphatic carbocycles. The number of nitrogen functional groups attached to an aromatic ring is 1. The minimum absolute atomic E-state index is 0.143. The summed E-state index contributed by atoms with van der Waals surface area (Å²) >= 11 is 0. The van der Waals surface area contributed by atoms with E-state index in [-0.39, 0.29) is 12.6 Å². The van der Waals surface area contributed by atoms with Gasteiger partial charge in [0.05, 0.1) is 11.1 Å². The SMILES string of the molecule is Cn1nc(COC(=O)c2ccc(N)cc2)c2ccccc21. The van der Waals surface area contributed by atoms with E-state index in [1.165, 1.54) is 0 Å². The van der Waals surface area contributed by atoms with Crippen LogP contribution < -0.4 is 5.73 Å². The van der Waals surface area contributed by atoms with E-state index in [1.807, 2.05) is 31.3 Å². The van der Waals surface area contributed by atoms with Gasteiger partial charge in [0.25, 0.3) is 0 Å². The second-order valence-electron chi connectivity index (χ2n) is 4.79. The molecule has 0 atom stereocenters. The lowest BCUT2D eigenvalue weighted by atomic mass is 10.2. The van der Waals surface area contributed by atoms with Crippen LogP contribution in [0.15, 0.2) is 48.5 Å². The minimum atomic E-state index is -0.385. The largest absolute Gasteiger partial charge is 0.455 e. The number of fused-ring (bicyclic) bond motifs is 1. The number of carbonyl (C=O) groups excluding carboxylic acids is 1. The summed E-state index contributed by atoms with van der Waals surface area (Å²) in [5.74, 6) is -0.385. The molecule has 0 saturated heterocycles. The van der Waals surface area contributed by atoms with Gasteiger partial charge in [-0.2, -0.15) is 5.10 Å². The van der Waals surface area contributed by atoms with Crippen molar-refractivity contribution in [3.05, 3.63) is 59.8 Å². The number of hydrogen-bond acceptors (Lipinski definition) is 4. The van der Waals surface area contributed by atoms with Crippen LogP contribution in [0, 0.1) is 0 Å². The number of rotatable bonds is 3. The van der Waals surface area contributed by atoms with Gasteiger partial charge in [-0.1, -0.05) is 18.2 Å². The van der Waals surface area contributed by atoms with Crippen molar-refractivity contribution in [2.75, 3.05) is 5.73 Å². The molecule has 0 amide bonds. The molecule has 1 heterocycles. The molecule has 2 aromatic carbocycles. The number of aromatic nitrogens is 2. The highest BCUT2D eigenvalue weighted by molar-refractivity contribution is 5.90. The maximum atomic E-state index is 12.0. The summed E-state index contributed by atoms with van der Waals surface area (Å²) in [6.45, 7) is 0.143. The van der Waals surface area contributed by atoms with Crippen molar-refractivity contribution in [2.45, 2.75) is 6.61 Å². The van der Waals surface area contributed by atoms with Gasteiger partial charge in [0.1, 0.15) is 12.3 Å². The van der Waals surface area contributed by atoms with E-state index in [4.69, 9.17) is 10.5 Å². The predicted molar refractivity (Wildman–Crippen MR) is 80.7 cm³/mol. The van der Waals surface area contributed by atoms with Gasteiger partial charge in [-0.25, -0.2) is 4.79 Å². The van der Waals surface area contributed by atoms with E-state index in [0.717, 1.165) is 16.6 Å². The van der Waals surface area contributed by atoms with E-state index < -0.39 is 0 Å². The van der Waals surface area contributed by atoms with Crippen molar-refractivity contribution < 1.29 is 9.53 Å². The number of nitrogens with two attached hydrogens (primary N) is 1. The first-order valence-electron chi connectivity index (χ1n) is 6.58. The molecular weight excluding hydrogens is 266 g/mol. The van der Waals surface area contributed by atoms with Crippen LogP contribution in [0.25, 0.3) is 10.9 Å². The number of hydrogen-bond donors (Lipinski definition) is 1. The van der Waals surface area contributed by atoms with Gasteiger partial charge in [0, 0.05) is 18.1 Å². The van der Waals surface area contributed by atoms with Crippen LogP contribution in [0.4, 0.5) is 5.69 Å². The predicted octanol–water partition coefficient (Wildman–Crippen LogP) is 2.51. The standard InChI is InChI=1S/C16H15N3O2/c1-19-15-5-3-2-4-13(15)14(18-19)10-21-16(20)11-6-8-12(17)9-7-11/h2-9H,10,17H2,1H3. The summed E-state index contributed by atoms with van der Waals surface area (Å²) in [6, 6.07) is 14.5. The molecule has 0 spiro atoms. The number of para-hydroxylation sites is 1. The molecule has 21 heavy (non-hydrogen) atoms. The third-order valence-electron chi connectivity index (χ3n) is 3.32. The summed E-state index contributed by atoms with van der Waals surface area (Å²) in [5.41, 5.74) is 8.44. The van der Waals surface area contributed by atoms with Crippen molar-refractivity contribution in [1.29, 1.82) is 0 Å². The van der Waals surface area contributed by atoms with Crippen molar-refractivity contribution in [3.63, 3.8) is 0 Å². The quantitative estimate of drug-likeness (QED) is 0.591. The molecule has 0 saturated carbocycles.